The van der Waals surface area contributed by atoms with E-state index in [1.807, 2.05) is 13.0 Å². The lowest BCUT2D eigenvalue weighted by molar-refractivity contribution is -0.870. The lowest BCUT2D eigenvalue weighted by atomic mass is 10.2. The largest absolute Gasteiger partial charge is 0.466 e. The lowest BCUT2D eigenvalue weighted by Crippen LogP contribution is -2.35. The lowest BCUT2D eigenvalue weighted by Gasteiger charge is -2.23. The van der Waals surface area contributed by atoms with Crippen molar-refractivity contribution in [1.29, 1.82) is 0 Å². The van der Waals surface area contributed by atoms with E-state index >= 15 is 0 Å². The minimum Gasteiger partial charge on any atom is -0.466 e. The first-order chi connectivity index (χ1) is 5.97. The fourth-order valence-electron chi connectivity index (χ4n) is 1.35. The summed E-state index contributed by atoms with van der Waals surface area (Å²) in [5.41, 5.74) is 0. The zero-order valence-electron chi connectivity index (χ0n) is 9.13. The maximum absolute atomic E-state index is 5.49. The molecule has 0 aliphatic carbocycles. The summed E-state index contributed by atoms with van der Waals surface area (Å²) < 4.78 is 6.52. The normalized spacial score (nSPS) is 12.0. The van der Waals surface area contributed by atoms with Crippen LogP contribution < -0.4 is 0 Å². The van der Waals surface area contributed by atoms with Crippen LogP contribution in [0.2, 0.25) is 0 Å². The molecular weight excluding hydrogens is 162 g/mol. The fraction of sp³-hybridized carbons (Fsp3) is 0.636. The van der Waals surface area contributed by atoms with Crippen LogP contribution in [0, 0.1) is 6.92 Å². The predicted octanol–water partition coefficient (Wildman–Crippen LogP) is 2.23. The van der Waals surface area contributed by atoms with Crippen molar-refractivity contribution >= 4 is 0 Å². The van der Waals surface area contributed by atoms with Crippen molar-refractivity contribution in [1.82, 2.24) is 0 Å². The second-order valence-electron chi connectivity index (χ2n) is 4.63. The van der Waals surface area contributed by atoms with Crippen LogP contribution in [0.4, 0.5) is 0 Å². The SMILES string of the molecule is Cc1ccc(CCC[N+](C)(C)C)o1. The first kappa shape index (κ1) is 10.3. The smallest absolute Gasteiger partial charge is 0.104 e. The molecule has 0 unspecified atom stereocenters. The number of furan rings is 1. The van der Waals surface area contributed by atoms with Crippen LogP contribution in [-0.2, 0) is 6.42 Å². The minimum atomic E-state index is 1.01. The Morgan fingerprint density at radius 2 is 1.92 bits per heavy atom. The molecule has 0 aliphatic rings. The van der Waals surface area contributed by atoms with E-state index in [2.05, 4.69) is 27.2 Å². The predicted molar refractivity (Wildman–Crippen MR) is 54.7 cm³/mol. The van der Waals surface area contributed by atoms with Gasteiger partial charge in [-0.3, -0.25) is 0 Å². The topological polar surface area (TPSA) is 13.1 Å². The minimum absolute atomic E-state index is 1.01. The summed E-state index contributed by atoms with van der Waals surface area (Å²) >= 11 is 0. The van der Waals surface area contributed by atoms with Crippen molar-refractivity contribution in [2.75, 3.05) is 27.7 Å². The number of rotatable bonds is 4. The summed E-state index contributed by atoms with van der Waals surface area (Å²) in [6.45, 7) is 3.18. The monoisotopic (exact) mass is 182 g/mol. The highest BCUT2D eigenvalue weighted by atomic mass is 16.3. The molecule has 2 heteroatoms. The summed E-state index contributed by atoms with van der Waals surface area (Å²) in [5, 5.41) is 0. The van der Waals surface area contributed by atoms with Crippen LogP contribution in [0.1, 0.15) is 17.9 Å². The van der Waals surface area contributed by atoms with Crippen molar-refractivity contribution in [3.63, 3.8) is 0 Å². The molecule has 1 heterocycles. The summed E-state index contributed by atoms with van der Waals surface area (Å²) in [6.07, 6.45) is 2.25. The van der Waals surface area contributed by atoms with Crippen LogP contribution in [0.15, 0.2) is 16.5 Å². The molecule has 0 N–H and O–H groups in total. The Kier molecular flexibility index (Phi) is 3.15. The van der Waals surface area contributed by atoms with E-state index in [1.54, 1.807) is 0 Å². The van der Waals surface area contributed by atoms with Crippen molar-refractivity contribution in [2.24, 2.45) is 0 Å². The Morgan fingerprint density at radius 3 is 2.38 bits per heavy atom. The Labute approximate surface area is 80.8 Å². The highest BCUT2D eigenvalue weighted by Crippen LogP contribution is 2.09. The maximum Gasteiger partial charge on any atom is 0.104 e. The summed E-state index contributed by atoms with van der Waals surface area (Å²) in [4.78, 5) is 0. The number of aryl methyl sites for hydroxylation is 2. The van der Waals surface area contributed by atoms with E-state index < -0.39 is 0 Å². The van der Waals surface area contributed by atoms with Gasteiger partial charge >= 0.3 is 0 Å². The van der Waals surface area contributed by atoms with E-state index in [4.69, 9.17) is 4.42 Å². The zero-order chi connectivity index (χ0) is 9.90. The second-order valence-corrected chi connectivity index (χ2v) is 4.63. The summed E-state index contributed by atoms with van der Waals surface area (Å²) in [7, 11) is 6.65. The number of nitrogens with zero attached hydrogens (tertiary/aromatic N) is 1. The van der Waals surface area contributed by atoms with Gasteiger partial charge in [0.15, 0.2) is 0 Å². The first-order valence-corrected chi connectivity index (χ1v) is 4.83. The van der Waals surface area contributed by atoms with Gasteiger partial charge in [-0.15, -0.1) is 0 Å². The van der Waals surface area contributed by atoms with Crippen molar-refractivity contribution in [2.45, 2.75) is 19.8 Å². The molecule has 0 atom stereocenters. The standard InChI is InChI=1S/C11H20NO/c1-10-7-8-11(13-10)6-5-9-12(2,3)4/h7-8H,5-6,9H2,1-4H3/q+1. The Bertz CT molecular complexity index is 257. The van der Waals surface area contributed by atoms with Crippen LogP contribution >= 0.6 is 0 Å². The average Bonchev–Trinajstić information content (AvgIpc) is 2.33. The van der Waals surface area contributed by atoms with Crippen LogP contribution in [0.25, 0.3) is 0 Å². The van der Waals surface area contributed by atoms with Crippen molar-refractivity contribution < 1.29 is 8.90 Å². The molecule has 1 aromatic heterocycles. The third-order valence-electron chi connectivity index (χ3n) is 2.05. The first-order valence-electron chi connectivity index (χ1n) is 4.83. The molecule has 0 fully saturated rings. The number of hydrogen-bond acceptors (Lipinski definition) is 1. The van der Waals surface area contributed by atoms with Gasteiger partial charge in [-0.05, 0) is 19.1 Å². The van der Waals surface area contributed by atoms with Gasteiger partial charge in [0.2, 0.25) is 0 Å². The van der Waals surface area contributed by atoms with Gasteiger partial charge in [-0.1, -0.05) is 0 Å². The number of hydrogen-bond donors (Lipinski definition) is 0. The third-order valence-corrected chi connectivity index (χ3v) is 2.05. The van der Waals surface area contributed by atoms with Crippen LogP contribution in [0.3, 0.4) is 0 Å². The maximum atomic E-state index is 5.49. The van der Waals surface area contributed by atoms with Gasteiger partial charge in [-0.2, -0.15) is 0 Å². The molecule has 13 heavy (non-hydrogen) atoms. The Balaban J connectivity index is 2.28. The fourth-order valence-corrected chi connectivity index (χ4v) is 1.35. The van der Waals surface area contributed by atoms with E-state index in [-0.39, 0.29) is 0 Å². The molecule has 0 spiro atoms. The quantitative estimate of drug-likeness (QED) is 0.651. The highest BCUT2D eigenvalue weighted by Gasteiger charge is 2.07. The molecule has 0 aliphatic heterocycles. The highest BCUT2D eigenvalue weighted by molar-refractivity contribution is 5.05. The summed E-state index contributed by atoms with van der Waals surface area (Å²) in [6, 6.07) is 4.10. The van der Waals surface area contributed by atoms with Crippen LogP contribution in [0.5, 0.6) is 0 Å². The van der Waals surface area contributed by atoms with Gasteiger partial charge in [0.1, 0.15) is 11.5 Å². The van der Waals surface area contributed by atoms with Crippen LogP contribution in [-0.4, -0.2) is 32.2 Å². The molecule has 0 saturated heterocycles. The van der Waals surface area contributed by atoms with Gasteiger partial charge in [0.25, 0.3) is 0 Å². The molecule has 0 saturated carbocycles. The van der Waals surface area contributed by atoms with Gasteiger partial charge in [0, 0.05) is 12.8 Å². The number of quaternary nitrogens is 1. The van der Waals surface area contributed by atoms with E-state index in [0.717, 1.165) is 22.4 Å². The molecule has 74 valence electrons. The van der Waals surface area contributed by atoms with Crippen molar-refractivity contribution in [3.8, 4) is 0 Å². The van der Waals surface area contributed by atoms with E-state index in [0.29, 0.717) is 0 Å². The molecule has 0 amide bonds. The molecule has 0 bridgehead atoms. The van der Waals surface area contributed by atoms with E-state index in [9.17, 15) is 0 Å². The molecule has 0 aromatic carbocycles. The van der Waals surface area contributed by atoms with Gasteiger partial charge < -0.3 is 8.90 Å². The molecular formula is C11H20NO+. The van der Waals surface area contributed by atoms with Crippen molar-refractivity contribution in [3.05, 3.63) is 23.7 Å². The Morgan fingerprint density at radius 1 is 1.23 bits per heavy atom. The molecule has 1 rings (SSSR count). The molecule has 1 aromatic rings. The molecule has 0 radical (unpaired) electrons. The van der Waals surface area contributed by atoms with Gasteiger partial charge in [-0.25, -0.2) is 0 Å². The Hall–Kier alpha value is -0.760. The zero-order valence-corrected chi connectivity index (χ0v) is 9.13. The van der Waals surface area contributed by atoms with Gasteiger partial charge in [0.05, 0.1) is 27.7 Å². The average molecular weight is 182 g/mol. The summed E-state index contributed by atoms with van der Waals surface area (Å²) in [5.74, 6) is 2.13. The second kappa shape index (κ2) is 3.97. The third kappa shape index (κ3) is 4.13. The van der Waals surface area contributed by atoms with E-state index in [1.165, 1.54) is 13.0 Å². The molecule has 2 nitrogen and oxygen atoms in total.